The number of carbonyl (C=O) groups excluding carboxylic acids is 1. The standard InChI is InChI=1S/C15H22N4O3/c1-15(2,3)14-16-12(17-18-14)11-8-19(5-7-22-11)13(20)10-4-6-21-9-10/h9,11H,4-8H2,1-3H3,(H,16,17,18)/t11-/m0/s1. The van der Waals surface area contributed by atoms with Gasteiger partial charge < -0.3 is 14.4 Å². The smallest absolute Gasteiger partial charge is 0.253 e. The van der Waals surface area contributed by atoms with Gasteiger partial charge in [-0.2, -0.15) is 5.10 Å². The number of ether oxygens (including phenoxy) is 2. The lowest BCUT2D eigenvalue weighted by Gasteiger charge is -2.32. The molecule has 120 valence electrons. The minimum atomic E-state index is -0.260. The van der Waals surface area contributed by atoms with E-state index in [2.05, 4.69) is 36.0 Å². The predicted octanol–water partition coefficient (Wildman–Crippen LogP) is 1.31. The molecule has 22 heavy (non-hydrogen) atoms. The number of carbonyl (C=O) groups is 1. The van der Waals surface area contributed by atoms with Gasteiger partial charge in [0.2, 0.25) is 0 Å². The molecule has 0 aromatic carbocycles. The molecule has 3 rings (SSSR count). The third kappa shape index (κ3) is 2.99. The van der Waals surface area contributed by atoms with Crippen LogP contribution in [-0.2, 0) is 19.7 Å². The van der Waals surface area contributed by atoms with Crippen LogP contribution in [0, 0.1) is 0 Å². The van der Waals surface area contributed by atoms with Crippen molar-refractivity contribution in [1.82, 2.24) is 20.1 Å². The molecular formula is C15H22N4O3. The Morgan fingerprint density at radius 1 is 1.41 bits per heavy atom. The molecule has 1 amide bonds. The molecule has 7 nitrogen and oxygen atoms in total. The SMILES string of the molecule is CC(C)(C)c1n[nH]c([C@@H]2CN(C(=O)C3=COCC3)CCO2)n1. The zero-order valence-corrected chi connectivity index (χ0v) is 13.3. The van der Waals surface area contributed by atoms with Crippen molar-refractivity contribution in [3.05, 3.63) is 23.5 Å². The summed E-state index contributed by atoms with van der Waals surface area (Å²) in [4.78, 5) is 18.7. The average molecular weight is 306 g/mol. The van der Waals surface area contributed by atoms with E-state index in [1.807, 2.05) is 0 Å². The summed E-state index contributed by atoms with van der Waals surface area (Å²) in [5, 5.41) is 7.21. The van der Waals surface area contributed by atoms with E-state index in [-0.39, 0.29) is 17.4 Å². The number of H-pyrrole nitrogens is 1. The van der Waals surface area contributed by atoms with Gasteiger partial charge in [0.1, 0.15) is 6.10 Å². The van der Waals surface area contributed by atoms with E-state index in [4.69, 9.17) is 9.47 Å². The number of rotatable bonds is 2. The number of hydrogen-bond donors (Lipinski definition) is 1. The second-order valence-electron chi connectivity index (χ2n) is 6.67. The van der Waals surface area contributed by atoms with Gasteiger partial charge in [0.25, 0.3) is 5.91 Å². The molecule has 0 aliphatic carbocycles. The first-order chi connectivity index (χ1) is 10.4. The van der Waals surface area contributed by atoms with E-state index in [0.717, 1.165) is 11.4 Å². The minimum absolute atomic E-state index is 0.0290. The molecule has 3 heterocycles. The summed E-state index contributed by atoms with van der Waals surface area (Å²) >= 11 is 0. The minimum Gasteiger partial charge on any atom is -0.500 e. The zero-order valence-electron chi connectivity index (χ0n) is 13.3. The summed E-state index contributed by atoms with van der Waals surface area (Å²) in [6.45, 7) is 8.34. The fourth-order valence-electron chi connectivity index (χ4n) is 2.50. The molecule has 1 atom stereocenters. The Morgan fingerprint density at radius 3 is 2.86 bits per heavy atom. The second kappa shape index (κ2) is 5.72. The topological polar surface area (TPSA) is 80.3 Å². The highest BCUT2D eigenvalue weighted by atomic mass is 16.5. The molecule has 0 radical (unpaired) electrons. The number of nitrogens with one attached hydrogen (secondary N) is 1. The van der Waals surface area contributed by atoms with Crippen LogP contribution in [-0.4, -0.2) is 52.3 Å². The van der Waals surface area contributed by atoms with Crippen molar-refractivity contribution in [2.75, 3.05) is 26.3 Å². The summed E-state index contributed by atoms with van der Waals surface area (Å²) in [6, 6.07) is 0. The molecule has 0 spiro atoms. The maximum Gasteiger partial charge on any atom is 0.253 e. The number of morpholine rings is 1. The molecule has 1 aromatic heterocycles. The van der Waals surface area contributed by atoms with Crippen LogP contribution < -0.4 is 0 Å². The molecular weight excluding hydrogens is 284 g/mol. The van der Waals surface area contributed by atoms with E-state index in [1.165, 1.54) is 0 Å². The Balaban J connectivity index is 1.70. The number of amides is 1. The molecule has 1 N–H and O–H groups in total. The molecule has 7 heteroatoms. The quantitative estimate of drug-likeness (QED) is 0.891. The highest BCUT2D eigenvalue weighted by Gasteiger charge is 2.31. The fraction of sp³-hybridized carbons (Fsp3) is 0.667. The van der Waals surface area contributed by atoms with Gasteiger partial charge in [0.15, 0.2) is 11.6 Å². The van der Waals surface area contributed by atoms with Crippen LogP contribution in [0.25, 0.3) is 0 Å². The molecule has 0 unspecified atom stereocenters. The van der Waals surface area contributed by atoms with Crippen molar-refractivity contribution in [3.8, 4) is 0 Å². The van der Waals surface area contributed by atoms with Crippen molar-refractivity contribution in [2.45, 2.75) is 38.7 Å². The van der Waals surface area contributed by atoms with Gasteiger partial charge in [0, 0.05) is 18.4 Å². The molecule has 1 saturated heterocycles. The summed E-state index contributed by atoms with van der Waals surface area (Å²) in [5.41, 5.74) is 0.610. The van der Waals surface area contributed by atoms with Gasteiger partial charge in [-0.15, -0.1) is 0 Å². The number of aromatic nitrogens is 3. The largest absolute Gasteiger partial charge is 0.500 e. The highest BCUT2D eigenvalue weighted by Crippen LogP contribution is 2.24. The monoisotopic (exact) mass is 306 g/mol. The zero-order chi connectivity index (χ0) is 15.7. The normalized spacial score (nSPS) is 22.4. The number of nitrogens with zero attached hydrogens (tertiary/aromatic N) is 3. The van der Waals surface area contributed by atoms with Crippen molar-refractivity contribution in [2.24, 2.45) is 0 Å². The summed E-state index contributed by atoms with van der Waals surface area (Å²) in [7, 11) is 0. The fourth-order valence-corrected chi connectivity index (χ4v) is 2.50. The molecule has 1 aromatic rings. The van der Waals surface area contributed by atoms with Crippen LogP contribution >= 0.6 is 0 Å². The maximum absolute atomic E-state index is 12.4. The lowest BCUT2D eigenvalue weighted by molar-refractivity contribution is -0.135. The van der Waals surface area contributed by atoms with Crippen molar-refractivity contribution in [3.63, 3.8) is 0 Å². The van der Waals surface area contributed by atoms with E-state index >= 15 is 0 Å². The lowest BCUT2D eigenvalue weighted by atomic mass is 9.96. The van der Waals surface area contributed by atoms with Crippen LogP contribution in [0.1, 0.15) is 44.9 Å². The lowest BCUT2D eigenvalue weighted by Crippen LogP contribution is -2.43. The van der Waals surface area contributed by atoms with Gasteiger partial charge in [0.05, 0.1) is 31.6 Å². The van der Waals surface area contributed by atoms with Gasteiger partial charge in [-0.3, -0.25) is 9.89 Å². The van der Waals surface area contributed by atoms with Crippen molar-refractivity contribution in [1.29, 1.82) is 0 Å². The average Bonchev–Trinajstić information content (AvgIpc) is 3.17. The van der Waals surface area contributed by atoms with E-state index in [1.54, 1.807) is 11.2 Å². The Bertz CT molecular complexity index is 588. The van der Waals surface area contributed by atoms with E-state index < -0.39 is 0 Å². The summed E-state index contributed by atoms with van der Waals surface area (Å²) < 4.78 is 10.9. The van der Waals surface area contributed by atoms with E-state index in [0.29, 0.717) is 38.5 Å². The first-order valence-electron chi connectivity index (χ1n) is 7.59. The summed E-state index contributed by atoms with van der Waals surface area (Å²) in [6.07, 6.45) is 1.99. The molecule has 0 bridgehead atoms. The highest BCUT2D eigenvalue weighted by molar-refractivity contribution is 5.93. The third-order valence-electron chi connectivity index (χ3n) is 3.82. The summed E-state index contributed by atoms with van der Waals surface area (Å²) in [5.74, 6) is 1.46. The van der Waals surface area contributed by atoms with Crippen molar-refractivity contribution >= 4 is 5.91 Å². The molecule has 1 fully saturated rings. The number of aromatic amines is 1. The molecule has 2 aliphatic rings. The predicted molar refractivity (Wildman–Crippen MR) is 79.0 cm³/mol. The first-order valence-corrected chi connectivity index (χ1v) is 7.59. The third-order valence-corrected chi connectivity index (χ3v) is 3.82. The molecule has 0 saturated carbocycles. The number of hydrogen-bond acceptors (Lipinski definition) is 5. The Labute approximate surface area is 129 Å². The van der Waals surface area contributed by atoms with Gasteiger partial charge >= 0.3 is 0 Å². The van der Waals surface area contributed by atoms with Crippen LogP contribution in [0.2, 0.25) is 0 Å². The molecule has 2 aliphatic heterocycles. The maximum atomic E-state index is 12.4. The van der Waals surface area contributed by atoms with Crippen LogP contribution in [0.15, 0.2) is 11.8 Å². The Morgan fingerprint density at radius 2 is 2.23 bits per heavy atom. The van der Waals surface area contributed by atoms with Gasteiger partial charge in [-0.1, -0.05) is 20.8 Å². The van der Waals surface area contributed by atoms with Gasteiger partial charge in [-0.25, -0.2) is 4.98 Å². The Kier molecular flexibility index (Phi) is 3.90. The second-order valence-corrected chi connectivity index (χ2v) is 6.67. The van der Waals surface area contributed by atoms with Crippen molar-refractivity contribution < 1.29 is 14.3 Å². The first kappa shape index (κ1) is 15.0. The Hall–Kier alpha value is -1.89. The van der Waals surface area contributed by atoms with Crippen LogP contribution in [0.5, 0.6) is 0 Å². The van der Waals surface area contributed by atoms with E-state index in [9.17, 15) is 4.79 Å². The van der Waals surface area contributed by atoms with Crippen LogP contribution in [0.4, 0.5) is 0 Å². The van der Waals surface area contributed by atoms with Gasteiger partial charge in [-0.05, 0) is 0 Å². The van der Waals surface area contributed by atoms with Crippen LogP contribution in [0.3, 0.4) is 0 Å².